The van der Waals surface area contributed by atoms with Gasteiger partial charge in [-0.05, 0) is 24.7 Å². The van der Waals surface area contributed by atoms with Gasteiger partial charge in [0.2, 0.25) is 6.41 Å². The molecule has 5 nitrogen and oxygen atoms in total. The number of phenolic OH excluding ortho intramolecular Hbond substituents is 1. The van der Waals surface area contributed by atoms with E-state index in [2.05, 4.69) is 5.32 Å². The summed E-state index contributed by atoms with van der Waals surface area (Å²) in [6.07, 6.45) is -2.74. The van der Waals surface area contributed by atoms with Crippen molar-refractivity contribution in [2.45, 2.75) is 6.37 Å². The van der Waals surface area contributed by atoms with Crippen molar-refractivity contribution in [2.75, 3.05) is 11.8 Å². The van der Waals surface area contributed by atoms with Crippen LogP contribution in [0.25, 0.3) is 0 Å². The van der Waals surface area contributed by atoms with Crippen LogP contribution in [0.2, 0.25) is 0 Å². The third kappa shape index (κ3) is 2.78. The van der Waals surface area contributed by atoms with Crippen LogP contribution in [-0.2, 0) is 4.79 Å². The van der Waals surface area contributed by atoms with Crippen LogP contribution in [0.3, 0.4) is 0 Å². The molecule has 0 aliphatic rings. The maximum absolute atomic E-state index is 12.0. The van der Waals surface area contributed by atoms with Crippen LogP contribution in [-0.4, -0.2) is 23.8 Å². The molecule has 15 heavy (non-hydrogen) atoms. The number of carbonyl (C=O) groups excluding carboxylic acids is 2. The third-order valence-corrected chi connectivity index (χ3v) is 1.65. The average molecular weight is 212 g/mol. The fraction of sp³-hybridized carbons (Fsp3) is 0.200. The lowest BCUT2D eigenvalue weighted by Crippen LogP contribution is -2.10. The van der Waals surface area contributed by atoms with E-state index in [1.807, 2.05) is 0 Å². The van der Waals surface area contributed by atoms with E-state index >= 15 is 0 Å². The third-order valence-electron chi connectivity index (χ3n) is 1.65. The van der Waals surface area contributed by atoms with Crippen molar-refractivity contribution >= 4 is 17.9 Å². The summed E-state index contributed by atoms with van der Waals surface area (Å²) in [5.74, 6) is -1.60. The summed E-state index contributed by atoms with van der Waals surface area (Å²) in [5.41, 5.74) is 4.58. The van der Waals surface area contributed by atoms with Crippen molar-refractivity contribution < 1.29 is 20.2 Å². The minimum atomic E-state index is -3.01. The van der Waals surface area contributed by atoms with Crippen molar-refractivity contribution in [3.8, 4) is 5.75 Å². The molecule has 0 bridgehead atoms. The number of nitrogens with two attached hydrogens (primary N) is 1. The van der Waals surface area contributed by atoms with Gasteiger partial charge in [-0.1, -0.05) is 0 Å². The highest BCUT2D eigenvalue weighted by Gasteiger charge is 2.11. The summed E-state index contributed by atoms with van der Waals surface area (Å²) in [6, 6.07) is 3.31. The van der Waals surface area contributed by atoms with Crippen molar-refractivity contribution in [3.05, 3.63) is 23.8 Å². The number of hydrogen-bond donors (Lipinski definition) is 3. The Labute approximate surface area is 92.5 Å². The van der Waals surface area contributed by atoms with Gasteiger partial charge in [-0.15, -0.1) is 0 Å². The second kappa shape index (κ2) is 5.11. The Bertz CT molecular complexity index is 514. The smallest absolute Gasteiger partial charge is 0.211 e. The van der Waals surface area contributed by atoms with Gasteiger partial charge in [0.1, 0.15) is 5.75 Å². The minimum Gasteiger partial charge on any atom is -0.508 e. The maximum Gasteiger partial charge on any atom is 0.211 e. The molecule has 0 aromatic heterocycles. The highest BCUT2D eigenvalue weighted by molar-refractivity contribution is 6.03. The predicted octanol–water partition coefficient (Wildman–Crippen LogP) is 0.492. The number of carbonyl (C=O) groups is 2. The van der Waals surface area contributed by atoms with Crippen LogP contribution in [0.1, 0.15) is 22.2 Å². The van der Waals surface area contributed by atoms with E-state index < -0.39 is 18.7 Å². The first-order valence-corrected chi connectivity index (χ1v) is 3.98. The Kier molecular flexibility index (Phi) is 2.24. The lowest BCUT2D eigenvalue weighted by atomic mass is 10.1. The summed E-state index contributed by atoms with van der Waals surface area (Å²) < 4.78 is 29.2. The number of benzene rings is 1. The summed E-state index contributed by atoms with van der Waals surface area (Å²) in [6.45, 7) is -2.91. The van der Waals surface area contributed by atoms with E-state index in [4.69, 9.17) is 11.2 Å². The summed E-state index contributed by atoms with van der Waals surface area (Å²) in [4.78, 5) is 22.4. The average Bonchev–Trinajstić information content (AvgIpc) is 2.29. The van der Waals surface area contributed by atoms with Crippen LogP contribution >= 0.6 is 0 Å². The summed E-state index contributed by atoms with van der Waals surface area (Å²) >= 11 is 0. The number of hydrogen-bond acceptors (Lipinski definition) is 4. The van der Waals surface area contributed by atoms with Gasteiger partial charge in [-0.2, -0.15) is 0 Å². The topological polar surface area (TPSA) is 92.4 Å². The van der Waals surface area contributed by atoms with Crippen molar-refractivity contribution in [1.29, 1.82) is 0 Å². The number of aromatic hydroxyl groups is 1. The Balaban J connectivity index is 3.33. The van der Waals surface area contributed by atoms with E-state index in [1.54, 1.807) is 0 Å². The zero-order valence-corrected chi connectivity index (χ0v) is 7.65. The molecule has 0 radical (unpaired) electrons. The molecule has 1 rings (SSSR count). The second-order valence-electron chi connectivity index (χ2n) is 2.59. The van der Waals surface area contributed by atoms with Crippen LogP contribution in [0, 0.1) is 0 Å². The lowest BCUT2D eigenvalue weighted by molar-refractivity contribution is -0.105. The fourth-order valence-corrected chi connectivity index (χ4v) is 1.04. The van der Waals surface area contributed by atoms with Crippen molar-refractivity contribution in [2.24, 2.45) is 5.73 Å². The standard InChI is InChI=1S/C10H12N2O3/c11-4-3-10(15)8-5-7(14)1-2-9(8)12-6-13/h1-2,5-6,14H,3-4,11H2,(H,12,13)/i3D2,4D2. The molecule has 0 unspecified atom stereocenters. The van der Waals surface area contributed by atoms with E-state index in [-0.39, 0.29) is 23.4 Å². The highest BCUT2D eigenvalue weighted by Crippen LogP contribution is 2.22. The molecule has 0 heterocycles. The first-order chi connectivity index (χ1) is 8.61. The number of phenols is 1. The molecule has 0 fully saturated rings. The first kappa shape index (κ1) is 6.58. The Hall–Kier alpha value is -1.88. The molecular weight excluding hydrogens is 196 g/mol. The number of rotatable bonds is 5. The molecule has 80 valence electrons. The Morgan fingerprint density at radius 2 is 2.40 bits per heavy atom. The Morgan fingerprint density at radius 3 is 3.00 bits per heavy atom. The van der Waals surface area contributed by atoms with Crippen LogP contribution < -0.4 is 11.1 Å². The zero-order chi connectivity index (χ0) is 14.8. The predicted molar refractivity (Wildman–Crippen MR) is 55.8 cm³/mol. The van der Waals surface area contributed by atoms with Gasteiger partial charge < -0.3 is 16.2 Å². The molecule has 0 saturated carbocycles. The largest absolute Gasteiger partial charge is 0.508 e. The number of amides is 1. The molecule has 5 heteroatoms. The van der Waals surface area contributed by atoms with Gasteiger partial charge in [0.25, 0.3) is 0 Å². The molecule has 0 atom stereocenters. The van der Waals surface area contributed by atoms with Crippen molar-refractivity contribution in [1.82, 2.24) is 0 Å². The zero-order valence-electron chi connectivity index (χ0n) is 11.7. The molecule has 1 aromatic rings. The number of nitrogens with one attached hydrogen (secondary N) is 1. The van der Waals surface area contributed by atoms with Crippen molar-refractivity contribution in [3.63, 3.8) is 0 Å². The van der Waals surface area contributed by atoms with Gasteiger partial charge in [0.15, 0.2) is 5.78 Å². The first-order valence-electron chi connectivity index (χ1n) is 5.98. The van der Waals surface area contributed by atoms with E-state index in [0.717, 1.165) is 6.07 Å². The lowest BCUT2D eigenvalue weighted by Gasteiger charge is -2.07. The molecule has 0 saturated heterocycles. The number of ketones is 1. The minimum absolute atomic E-state index is 0.0501. The van der Waals surface area contributed by atoms with Crippen LogP contribution in [0.15, 0.2) is 18.2 Å². The number of Topliss-reactive ketones (excluding diaryl/α,β-unsaturated/α-hetero) is 1. The SMILES string of the molecule is [2H]C([2H])(N)C([2H])([2H])C(=O)c1cc(O)ccc1NC=O. The van der Waals surface area contributed by atoms with Gasteiger partial charge in [-0.25, -0.2) is 0 Å². The van der Waals surface area contributed by atoms with E-state index in [9.17, 15) is 14.7 Å². The van der Waals surface area contributed by atoms with Gasteiger partial charge in [0.05, 0.1) is 5.69 Å². The van der Waals surface area contributed by atoms with Gasteiger partial charge >= 0.3 is 0 Å². The molecular formula is C10H12N2O3. The summed E-state index contributed by atoms with van der Waals surface area (Å²) in [7, 11) is 0. The van der Waals surface area contributed by atoms with Crippen LogP contribution in [0.5, 0.6) is 5.75 Å². The maximum atomic E-state index is 12.0. The molecule has 0 aliphatic carbocycles. The molecule has 1 amide bonds. The molecule has 0 aliphatic heterocycles. The van der Waals surface area contributed by atoms with E-state index in [0.29, 0.717) is 0 Å². The molecule has 4 N–H and O–H groups in total. The normalized spacial score (nSPS) is 15.5. The second-order valence-corrected chi connectivity index (χ2v) is 2.59. The summed E-state index contributed by atoms with van der Waals surface area (Å²) in [5, 5.41) is 11.5. The van der Waals surface area contributed by atoms with Gasteiger partial charge in [-0.3, -0.25) is 9.59 Å². The number of anilines is 1. The monoisotopic (exact) mass is 212 g/mol. The Morgan fingerprint density at radius 1 is 1.67 bits per heavy atom. The molecule has 0 spiro atoms. The quantitative estimate of drug-likeness (QED) is 0.376. The molecule has 1 aromatic carbocycles. The van der Waals surface area contributed by atoms with Gasteiger partial charge in [0, 0.05) is 17.4 Å². The highest BCUT2D eigenvalue weighted by atomic mass is 16.3. The van der Waals surface area contributed by atoms with Crippen LogP contribution in [0.4, 0.5) is 5.69 Å². The van der Waals surface area contributed by atoms with E-state index in [1.165, 1.54) is 12.1 Å². The fourth-order valence-electron chi connectivity index (χ4n) is 1.04.